The Morgan fingerprint density at radius 1 is 0.915 bits per heavy atom. The number of H-pyrrole nitrogens is 1. The molecule has 0 amide bonds. The minimum Gasteiger partial charge on any atom is -0.460 e. The van der Waals surface area contributed by atoms with Crippen molar-refractivity contribution in [3.8, 4) is 0 Å². The lowest BCUT2D eigenvalue weighted by Crippen LogP contribution is -2.67. The maximum atomic E-state index is 14.4. The second-order valence-electron chi connectivity index (χ2n) is 18.0. The fourth-order valence-electron chi connectivity index (χ4n) is 13.7. The van der Waals surface area contributed by atoms with Gasteiger partial charge in [-0.3, -0.25) is 4.79 Å². The third-order valence-corrected chi connectivity index (χ3v) is 16.1. The normalized spacial score (nSPS) is 40.0. The van der Waals surface area contributed by atoms with E-state index in [1.807, 2.05) is 24.3 Å². The number of allylic oxidation sites excluding steroid dienone is 1. The van der Waals surface area contributed by atoms with Gasteiger partial charge < -0.3 is 9.72 Å². The number of nitrogens with one attached hydrogen (secondary N) is 1. The standard InChI is InChI=1S/C43H54ClNO2/c1-26(2)29-17-20-43(38(46)47-25-27-11-9-8-10-12-27)22-21-41(6)32(36(29)43)14-16-35-40(5)24-31-30-23-28(44)13-15-33(30)45-37(31)39(3,4)34(40)18-19-42(35,41)7/h8-13,15,23,29,32,34-36,45H,1,14,16-22,24-25H2,2-7H3/t29-,32?,34?,35?,36?,40-,41+,42+,43-/m0/s1. The smallest absolute Gasteiger partial charge is 0.312 e. The van der Waals surface area contributed by atoms with Gasteiger partial charge in [-0.1, -0.05) is 88.7 Å². The van der Waals surface area contributed by atoms with E-state index >= 15 is 0 Å². The van der Waals surface area contributed by atoms with Gasteiger partial charge in [-0.25, -0.2) is 0 Å². The van der Waals surface area contributed by atoms with Gasteiger partial charge in [-0.05, 0) is 140 Å². The molecule has 9 atom stereocenters. The zero-order chi connectivity index (χ0) is 33.1. The van der Waals surface area contributed by atoms with Crippen LogP contribution in [0.2, 0.25) is 5.02 Å². The molecular formula is C43H54ClNO2. The Morgan fingerprint density at radius 3 is 2.43 bits per heavy atom. The van der Waals surface area contributed by atoms with Crippen LogP contribution in [0.4, 0.5) is 0 Å². The molecule has 3 nitrogen and oxygen atoms in total. The summed E-state index contributed by atoms with van der Waals surface area (Å²) in [5, 5.41) is 2.14. The van der Waals surface area contributed by atoms with Gasteiger partial charge in [0.05, 0.1) is 5.41 Å². The van der Waals surface area contributed by atoms with Crippen LogP contribution in [0.15, 0.2) is 60.7 Å². The van der Waals surface area contributed by atoms with Crippen LogP contribution in [-0.4, -0.2) is 11.0 Å². The van der Waals surface area contributed by atoms with E-state index in [1.165, 1.54) is 53.4 Å². The number of carbonyl (C=O) groups excluding carboxylic acids is 1. The Balaban J connectivity index is 1.16. The van der Waals surface area contributed by atoms with Crippen molar-refractivity contribution in [2.75, 3.05) is 0 Å². The molecule has 0 spiro atoms. The Bertz CT molecular complexity index is 1760. The van der Waals surface area contributed by atoms with Crippen molar-refractivity contribution < 1.29 is 9.53 Å². The van der Waals surface area contributed by atoms with Crippen LogP contribution >= 0.6 is 11.6 Å². The molecule has 1 N–H and O–H groups in total. The zero-order valence-corrected chi connectivity index (χ0v) is 30.2. The van der Waals surface area contributed by atoms with Crippen LogP contribution < -0.4 is 0 Å². The minimum absolute atomic E-state index is 0.0552. The number of hydrogen-bond acceptors (Lipinski definition) is 2. The van der Waals surface area contributed by atoms with E-state index in [0.717, 1.165) is 42.7 Å². The number of fused-ring (bicyclic) bond motifs is 10. The van der Waals surface area contributed by atoms with Gasteiger partial charge in [0.1, 0.15) is 6.61 Å². The molecule has 0 radical (unpaired) electrons. The van der Waals surface area contributed by atoms with E-state index in [1.54, 1.807) is 0 Å². The first-order valence-electron chi connectivity index (χ1n) is 18.4. The first-order chi connectivity index (χ1) is 22.3. The van der Waals surface area contributed by atoms with Crippen molar-refractivity contribution in [2.45, 2.75) is 111 Å². The van der Waals surface area contributed by atoms with Gasteiger partial charge in [-0.2, -0.15) is 0 Å². The molecule has 4 fully saturated rings. The number of esters is 1. The number of aromatic amines is 1. The SMILES string of the molecule is C=C(C)[C@@H]1CC[C@]2(C(=O)OCc3ccccc3)CC[C@]3(C)C(CCC4[C@@]5(C)Cc6c([nH]c7ccc(Cl)cc67)C(C)(C)C5CC[C@]43C)C12. The van der Waals surface area contributed by atoms with Gasteiger partial charge >= 0.3 is 5.97 Å². The molecule has 2 aromatic carbocycles. The lowest BCUT2D eigenvalue weighted by molar-refractivity contribution is -0.229. The fourth-order valence-corrected chi connectivity index (χ4v) is 13.8. The number of halogens is 1. The fraction of sp³-hybridized carbons (Fsp3) is 0.605. The summed E-state index contributed by atoms with van der Waals surface area (Å²) in [7, 11) is 0. The average Bonchev–Trinajstić information content (AvgIpc) is 3.60. The Morgan fingerprint density at radius 2 is 1.68 bits per heavy atom. The molecule has 47 heavy (non-hydrogen) atoms. The summed E-state index contributed by atoms with van der Waals surface area (Å²) >= 11 is 6.60. The summed E-state index contributed by atoms with van der Waals surface area (Å²) in [5.41, 5.74) is 6.75. The summed E-state index contributed by atoms with van der Waals surface area (Å²) < 4.78 is 6.24. The van der Waals surface area contributed by atoms with Crippen molar-refractivity contribution in [2.24, 2.45) is 51.2 Å². The number of benzene rings is 2. The Kier molecular flexibility index (Phi) is 7.08. The molecule has 1 aromatic heterocycles. The van der Waals surface area contributed by atoms with Crippen molar-refractivity contribution in [3.63, 3.8) is 0 Å². The molecular weight excluding hydrogens is 598 g/mol. The van der Waals surface area contributed by atoms with Crippen LogP contribution in [0.1, 0.15) is 110 Å². The predicted octanol–water partition coefficient (Wildman–Crippen LogP) is 11.2. The number of ether oxygens (including phenoxy) is 1. The number of rotatable bonds is 4. The molecule has 1 heterocycles. The van der Waals surface area contributed by atoms with Gasteiger partial charge in [-0.15, -0.1) is 0 Å². The van der Waals surface area contributed by atoms with Crippen LogP contribution in [0.3, 0.4) is 0 Å². The second kappa shape index (κ2) is 10.5. The van der Waals surface area contributed by atoms with Gasteiger partial charge in [0.25, 0.3) is 0 Å². The minimum atomic E-state index is -0.391. The van der Waals surface area contributed by atoms with E-state index in [4.69, 9.17) is 16.3 Å². The lowest BCUT2D eigenvalue weighted by atomic mass is 9.32. The highest BCUT2D eigenvalue weighted by atomic mass is 35.5. The molecule has 8 rings (SSSR count). The summed E-state index contributed by atoms with van der Waals surface area (Å²) in [6, 6.07) is 16.6. The second-order valence-corrected chi connectivity index (χ2v) is 18.4. The molecule has 0 saturated heterocycles. The molecule has 5 aliphatic carbocycles. The summed E-state index contributed by atoms with van der Waals surface area (Å²) in [6.07, 6.45) is 10.2. The van der Waals surface area contributed by atoms with Crippen LogP contribution in [0.25, 0.3) is 10.9 Å². The molecule has 3 aromatic rings. The molecule has 0 aliphatic heterocycles. The predicted molar refractivity (Wildman–Crippen MR) is 192 cm³/mol. The van der Waals surface area contributed by atoms with Crippen LogP contribution in [-0.2, 0) is 28.0 Å². The maximum absolute atomic E-state index is 14.4. The third kappa shape index (κ3) is 4.20. The van der Waals surface area contributed by atoms with Crippen LogP contribution in [0, 0.1) is 51.2 Å². The molecule has 4 heteroatoms. The van der Waals surface area contributed by atoms with E-state index in [-0.39, 0.29) is 27.6 Å². The summed E-state index contributed by atoms with van der Waals surface area (Å²) in [5.74, 6) is 2.52. The van der Waals surface area contributed by atoms with E-state index in [9.17, 15) is 4.79 Å². The van der Waals surface area contributed by atoms with E-state index in [0.29, 0.717) is 36.2 Å². The van der Waals surface area contributed by atoms with Gasteiger partial charge in [0.15, 0.2) is 0 Å². The van der Waals surface area contributed by atoms with E-state index < -0.39 is 5.41 Å². The monoisotopic (exact) mass is 651 g/mol. The molecule has 4 saturated carbocycles. The highest BCUT2D eigenvalue weighted by molar-refractivity contribution is 6.31. The van der Waals surface area contributed by atoms with Crippen molar-refractivity contribution in [1.82, 2.24) is 4.98 Å². The summed E-state index contributed by atoms with van der Waals surface area (Å²) in [4.78, 5) is 18.2. The quantitative estimate of drug-likeness (QED) is 0.225. The Hall–Kier alpha value is -2.52. The number of carbonyl (C=O) groups is 1. The van der Waals surface area contributed by atoms with E-state index in [2.05, 4.69) is 77.4 Å². The number of aromatic nitrogens is 1. The molecule has 4 unspecified atom stereocenters. The first-order valence-corrected chi connectivity index (χ1v) is 18.8. The van der Waals surface area contributed by atoms with Gasteiger partial charge in [0, 0.05) is 27.0 Å². The molecule has 0 bridgehead atoms. The van der Waals surface area contributed by atoms with Crippen molar-refractivity contribution in [3.05, 3.63) is 82.5 Å². The van der Waals surface area contributed by atoms with Crippen molar-refractivity contribution >= 4 is 28.5 Å². The topological polar surface area (TPSA) is 42.1 Å². The largest absolute Gasteiger partial charge is 0.460 e. The number of hydrogen-bond donors (Lipinski definition) is 1. The maximum Gasteiger partial charge on any atom is 0.312 e. The molecule has 5 aliphatic rings. The third-order valence-electron chi connectivity index (χ3n) is 15.9. The highest BCUT2D eigenvalue weighted by Gasteiger charge is 2.72. The Labute approximate surface area is 287 Å². The zero-order valence-electron chi connectivity index (χ0n) is 29.5. The van der Waals surface area contributed by atoms with Gasteiger partial charge in [0.2, 0.25) is 0 Å². The highest BCUT2D eigenvalue weighted by Crippen LogP contribution is 2.77. The lowest BCUT2D eigenvalue weighted by Gasteiger charge is -2.72. The summed E-state index contributed by atoms with van der Waals surface area (Å²) in [6.45, 7) is 20.1. The molecule has 250 valence electrons. The van der Waals surface area contributed by atoms with Crippen molar-refractivity contribution in [1.29, 1.82) is 0 Å². The van der Waals surface area contributed by atoms with Crippen LogP contribution in [0.5, 0.6) is 0 Å². The first kappa shape index (κ1) is 31.7. The average molecular weight is 652 g/mol.